The summed E-state index contributed by atoms with van der Waals surface area (Å²) in [6.07, 6.45) is 3.26. The minimum atomic E-state index is -0.447. The van der Waals surface area contributed by atoms with Crippen LogP contribution < -0.4 is 20.1 Å². The summed E-state index contributed by atoms with van der Waals surface area (Å²) in [7, 11) is 1.53. The van der Waals surface area contributed by atoms with Gasteiger partial charge in [0, 0.05) is 35.4 Å². The number of nitrogens with one attached hydrogen (secondary N) is 2. The molecular weight excluding hydrogens is 424 g/mol. The number of anilines is 2. The summed E-state index contributed by atoms with van der Waals surface area (Å²) in [6, 6.07) is 18.9. The van der Waals surface area contributed by atoms with Gasteiger partial charge in [0.2, 0.25) is 0 Å². The highest BCUT2D eigenvalue weighted by Crippen LogP contribution is 2.26. The third-order valence-corrected chi connectivity index (χ3v) is 4.52. The van der Waals surface area contributed by atoms with Gasteiger partial charge in [-0.1, -0.05) is 23.4 Å². The van der Waals surface area contributed by atoms with Gasteiger partial charge in [0.05, 0.1) is 7.11 Å². The Morgan fingerprint density at radius 1 is 0.939 bits per heavy atom. The molecule has 0 saturated carbocycles. The van der Waals surface area contributed by atoms with Crippen molar-refractivity contribution in [3.05, 3.63) is 84.8 Å². The van der Waals surface area contributed by atoms with Crippen molar-refractivity contribution in [3.63, 3.8) is 0 Å². The number of hydrogen-bond donors (Lipinski definition) is 2. The first kappa shape index (κ1) is 21.6. The van der Waals surface area contributed by atoms with Gasteiger partial charge >= 0.3 is 0 Å². The van der Waals surface area contributed by atoms with Crippen molar-refractivity contribution in [2.24, 2.45) is 0 Å². The molecular formula is C24H20N4O5. The molecule has 2 aromatic carbocycles. The van der Waals surface area contributed by atoms with Crippen molar-refractivity contribution >= 4 is 23.2 Å². The van der Waals surface area contributed by atoms with Crippen LogP contribution in [0.2, 0.25) is 0 Å². The van der Waals surface area contributed by atoms with Crippen molar-refractivity contribution in [2.75, 3.05) is 24.4 Å². The zero-order valence-corrected chi connectivity index (χ0v) is 17.6. The number of pyridine rings is 1. The SMILES string of the molecule is COc1ccccc1OCC(=O)Nc1cccc(NC(=O)c2cc(-c3cccnc3)on2)c1. The van der Waals surface area contributed by atoms with Crippen molar-refractivity contribution in [2.45, 2.75) is 0 Å². The zero-order chi connectivity index (χ0) is 23.0. The van der Waals surface area contributed by atoms with E-state index < -0.39 is 5.91 Å². The number of methoxy groups -OCH3 is 1. The van der Waals surface area contributed by atoms with Crippen LogP contribution in [-0.2, 0) is 4.79 Å². The third kappa shape index (κ3) is 5.53. The first-order valence-corrected chi connectivity index (χ1v) is 9.96. The van der Waals surface area contributed by atoms with Crippen LogP contribution in [0, 0.1) is 0 Å². The van der Waals surface area contributed by atoms with Crippen LogP contribution >= 0.6 is 0 Å². The normalized spacial score (nSPS) is 10.3. The van der Waals surface area contributed by atoms with Crippen LogP contribution in [0.15, 0.2) is 83.6 Å². The molecule has 0 unspecified atom stereocenters. The number of rotatable bonds is 8. The molecule has 9 nitrogen and oxygen atoms in total. The lowest BCUT2D eigenvalue weighted by Crippen LogP contribution is -2.20. The summed E-state index contributed by atoms with van der Waals surface area (Å²) in [4.78, 5) is 28.8. The van der Waals surface area contributed by atoms with Crippen LogP contribution in [0.1, 0.15) is 10.5 Å². The fraction of sp³-hybridized carbons (Fsp3) is 0.0833. The Bertz CT molecular complexity index is 1260. The van der Waals surface area contributed by atoms with Crippen LogP contribution in [0.5, 0.6) is 11.5 Å². The third-order valence-electron chi connectivity index (χ3n) is 4.52. The Morgan fingerprint density at radius 3 is 2.48 bits per heavy atom. The van der Waals surface area contributed by atoms with E-state index in [-0.39, 0.29) is 18.2 Å². The second-order valence-corrected chi connectivity index (χ2v) is 6.84. The largest absolute Gasteiger partial charge is 0.493 e. The standard InChI is InChI=1S/C24H20N4O5/c1-31-20-9-2-3-10-21(20)32-15-23(29)26-17-7-4-8-18(12-17)27-24(30)19-13-22(33-28-19)16-6-5-11-25-14-16/h2-14H,15H2,1H3,(H,26,29)(H,27,30). The molecule has 4 rings (SSSR count). The van der Waals surface area contributed by atoms with Gasteiger partial charge in [-0.05, 0) is 42.5 Å². The maximum atomic E-state index is 12.5. The van der Waals surface area contributed by atoms with Gasteiger partial charge in [0.1, 0.15) is 0 Å². The highest BCUT2D eigenvalue weighted by atomic mass is 16.5. The summed E-state index contributed by atoms with van der Waals surface area (Å²) in [5, 5.41) is 9.28. The number of aromatic nitrogens is 2. The molecule has 2 N–H and O–H groups in total. The Morgan fingerprint density at radius 2 is 1.73 bits per heavy atom. The number of carbonyl (C=O) groups is 2. The molecule has 0 aliphatic rings. The average Bonchev–Trinajstić information content (AvgIpc) is 3.34. The van der Waals surface area contributed by atoms with E-state index in [1.165, 1.54) is 13.2 Å². The lowest BCUT2D eigenvalue weighted by Gasteiger charge is -2.11. The molecule has 2 amide bonds. The highest BCUT2D eigenvalue weighted by Gasteiger charge is 2.14. The molecule has 0 fully saturated rings. The van der Waals surface area contributed by atoms with Gasteiger partial charge in [-0.3, -0.25) is 14.6 Å². The van der Waals surface area contributed by atoms with Crippen LogP contribution in [0.4, 0.5) is 11.4 Å². The lowest BCUT2D eigenvalue weighted by molar-refractivity contribution is -0.118. The quantitative estimate of drug-likeness (QED) is 0.422. The van der Waals surface area contributed by atoms with Gasteiger partial charge in [-0.25, -0.2) is 0 Å². The lowest BCUT2D eigenvalue weighted by atomic mass is 10.2. The second kappa shape index (κ2) is 10.1. The van der Waals surface area contributed by atoms with E-state index in [1.54, 1.807) is 67.0 Å². The predicted octanol–water partition coefficient (Wildman–Crippen LogP) is 4.02. The molecule has 0 atom stereocenters. The monoisotopic (exact) mass is 444 g/mol. The molecule has 2 heterocycles. The minimum Gasteiger partial charge on any atom is -0.493 e. The first-order chi connectivity index (χ1) is 16.1. The Labute approximate surface area is 189 Å². The summed E-state index contributed by atoms with van der Waals surface area (Å²) >= 11 is 0. The minimum absolute atomic E-state index is 0.119. The van der Waals surface area contributed by atoms with E-state index in [0.29, 0.717) is 34.2 Å². The highest BCUT2D eigenvalue weighted by molar-refractivity contribution is 6.03. The van der Waals surface area contributed by atoms with E-state index in [2.05, 4.69) is 20.8 Å². The molecule has 0 aliphatic heterocycles. The topological polar surface area (TPSA) is 116 Å². The van der Waals surface area contributed by atoms with E-state index in [4.69, 9.17) is 14.0 Å². The van der Waals surface area contributed by atoms with Gasteiger partial charge in [0.25, 0.3) is 11.8 Å². The smallest absolute Gasteiger partial charge is 0.277 e. The summed E-state index contributed by atoms with van der Waals surface area (Å²) < 4.78 is 16.0. The maximum Gasteiger partial charge on any atom is 0.277 e. The van der Waals surface area contributed by atoms with E-state index in [1.807, 2.05) is 6.07 Å². The van der Waals surface area contributed by atoms with Crippen LogP contribution in [0.25, 0.3) is 11.3 Å². The van der Waals surface area contributed by atoms with Crippen molar-refractivity contribution in [3.8, 4) is 22.8 Å². The number of amides is 2. The summed E-state index contributed by atoms with van der Waals surface area (Å²) in [6.45, 7) is -0.201. The zero-order valence-electron chi connectivity index (χ0n) is 17.6. The summed E-state index contributed by atoms with van der Waals surface area (Å²) in [5.41, 5.74) is 1.81. The number of carbonyl (C=O) groups excluding carboxylic acids is 2. The van der Waals surface area contributed by atoms with Crippen molar-refractivity contribution < 1.29 is 23.6 Å². The van der Waals surface area contributed by atoms with E-state index >= 15 is 0 Å². The number of benzene rings is 2. The molecule has 0 aliphatic carbocycles. The molecule has 0 spiro atoms. The van der Waals surface area contributed by atoms with Gasteiger partial charge < -0.3 is 24.6 Å². The van der Waals surface area contributed by atoms with Gasteiger partial charge in [-0.15, -0.1) is 0 Å². The van der Waals surface area contributed by atoms with Crippen LogP contribution in [-0.4, -0.2) is 35.7 Å². The molecule has 0 bridgehead atoms. The molecule has 9 heteroatoms. The maximum absolute atomic E-state index is 12.5. The van der Waals surface area contributed by atoms with Crippen molar-refractivity contribution in [1.29, 1.82) is 0 Å². The summed E-state index contributed by atoms with van der Waals surface area (Å²) in [5.74, 6) is 0.632. The number of hydrogen-bond acceptors (Lipinski definition) is 7. The molecule has 166 valence electrons. The second-order valence-electron chi connectivity index (χ2n) is 6.84. The molecule has 4 aromatic rings. The fourth-order valence-corrected chi connectivity index (χ4v) is 2.98. The average molecular weight is 444 g/mol. The molecule has 2 aromatic heterocycles. The van der Waals surface area contributed by atoms with Gasteiger partial charge in [0.15, 0.2) is 29.6 Å². The van der Waals surface area contributed by atoms with Crippen molar-refractivity contribution in [1.82, 2.24) is 10.1 Å². The predicted molar refractivity (Wildman–Crippen MR) is 121 cm³/mol. The van der Waals surface area contributed by atoms with E-state index in [9.17, 15) is 9.59 Å². The Hall–Kier alpha value is -4.66. The Balaban J connectivity index is 1.35. The number of ether oxygens (including phenoxy) is 2. The Kier molecular flexibility index (Phi) is 6.60. The van der Waals surface area contributed by atoms with Crippen LogP contribution in [0.3, 0.4) is 0 Å². The molecule has 33 heavy (non-hydrogen) atoms. The number of nitrogens with zero attached hydrogens (tertiary/aromatic N) is 2. The first-order valence-electron chi connectivity index (χ1n) is 9.96. The van der Waals surface area contributed by atoms with Gasteiger partial charge in [-0.2, -0.15) is 0 Å². The fourth-order valence-electron chi connectivity index (χ4n) is 2.98. The molecule has 0 radical (unpaired) electrons. The number of para-hydroxylation sites is 2. The van der Waals surface area contributed by atoms with E-state index in [0.717, 1.165) is 0 Å². The molecule has 0 saturated heterocycles.